The summed E-state index contributed by atoms with van der Waals surface area (Å²) >= 11 is 6.07. The second-order valence-corrected chi connectivity index (χ2v) is 4.64. The van der Waals surface area contributed by atoms with Gasteiger partial charge in [-0.25, -0.2) is 4.39 Å². The SMILES string of the molecule is CCOc1cc(Nc2cc(C#N)ccc2Cl)c(N)cc1F. The largest absolute Gasteiger partial charge is 0.491 e. The lowest BCUT2D eigenvalue weighted by molar-refractivity contribution is 0.322. The normalized spacial score (nSPS) is 10.0. The first-order chi connectivity index (χ1) is 10.0. The average molecular weight is 306 g/mol. The fourth-order valence-electron chi connectivity index (χ4n) is 1.78. The van der Waals surface area contributed by atoms with E-state index >= 15 is 0 Å². The molecule has 21 heavy (non-hydrogen) atoms. The van der Waals surface area contributed by atoms with Gasteiger partial charge in [0.15, 0.2) is 11.6 Å². The first-order valence-corrected chi connectivity index (χ1v) is 6.61. The van der Waals surface area contributed by atoms with Gasteiger partial charge >= 0.3 is 0 Å². The third-order valence-electron chi connectivity index (χ3n) is 2.77. The lowest BCUT2D eigenvalue weighted by Gasteiger charge is -2.13. The molecule has 6 heteroatoms. The Morgan fingerprint density at radius 1 is 1.33 bits per heavy atom. The van der Waals surface area contributed by atoms with Gasteiger partial charge in [-0.2, -0.15) is 5.26 Å². The molecule has 0 unspecified atom stereocenters. The molecule has 0 aliphatic rings. The summed E-state index contributed by atoms with van der Waals surface area (Å²) in [5, 5.41) is 12.3. The van der Waals surface area contributed by atoms with Crippen LogP contribution in [0.25, 0.3) is 0 Å². The van der Waals surface area contributed by atoms with E-state index in [0.29, 0.717) is 28.6 Å². The number of nitrogens with zero attached hydrogens (tertiary/aromatic N) is 1. The Kier molecular flexibility index (Phi) is 4.51. The summed E-state index contributed by atoms with van der Waals surface area (Å²) in [7, 11) is 0. The molecule has 0 saturated carbocycles. The van der Waals surface area contributed by atoms with Gasteiger partial charge in [-0.05, 0) is 25.1 Å². The quantitative estimate of drug-likeness (QED) is 0.835. The number of hydrogen-bond donors (Lipinski definition) is 2. The van der Waals surface area contributed by atoms with Gasteiger partial charge < -0.3 is 15.8 Å². The van der Waals surface area contributed by atoms with Crippen molar-refractivity contribution in [1.82, 2.24) is 0 Å². The van der Waals surface area contributed by atoms with E-state index in [1.165, 1.54) is 12.1 Å². The molecule has 0 radical (unpaired) electrons. The summed E-state index contributed by atoms with van der Waals surface area (Å²) in [4.78, 5) is 0. The van der Waals surface area contributed by atoms with Crippen LogP contribution in [0, 0.1) is 17.1 Å². The molecule has 0 amide bonds. The summed E-state index contributed by atoms with van der Waals surface area (Å²) in [6.45, 7) is 2.10. The third-order valence-corrected chi connectivity index (χ3v) is 3.10. The molecular formula is C15H13ClFN3O. The smallest absolute Gasteiger partial charge is 0.167 e. The molecule has 2 rings (SSSR count). The van der Waals surface area contributed by atoms with Crippen LogP contribution in [-0.4, -0.2) is 6.61 Å². The van der Waals surface area contributed by atoms with Crippen molar-refractivity contribution >= 4 is 28.7 Å². The van der Waals surface area contributed by atoms with Crippen LogP contribution in [-0.2, 0) is 0 Å². The van der Waals surface area contributed by atoms with E-state index in [0.717, 1.165) is 0 Å². The molecule has 0 aromatic heterocycles. The lowest BCUT2D eigenvalue weighted by atomic mass is 10.2. The summed E-state index contributed by atoms with van der Waals surface area (Å²) < 4.78 is 18.8. The Labute approximate surface area is 126 Å². The van der Waals surface area contributed by atoms with Gasteiger partial charge in [0.1, 0.15) is 0 Å². The molecule has 0 spiro atoms. The second-order valence-electron chi connectivity index (χ2n) is 4.23. The fraction of sp³-hybridized carbons (Fsp3) is 0.133. The van der Waals surface area contributed by atoms with Gasteiger partial charge in [0, 0.05) is 12.1 Å². The topological polar surface area (TPSA) is 71.1 Å². The zero-order chi connectivity index (χ0) is 15.4. The Morgan fingerprint density at radius 3 is 2.76 bits per heavy atom. The van der Waals surface area contributed by atoms with Crippen molar-refractivity contribution in [2.24, 2.45) is 0 Å². The Bertz CT molecular complexity index is 713. The van der Waals surface area contributed by atoms with E-state index < -0.39 is 5.82 Å². The number of anilines is 3. The van der Waals surface area contributed by atoms with Crippen molar-refractivity contribution in [1.29, 1.82) is 5.26 Å². The zero-order valence-corrected chi connectivity index (χ0v) is 12.0. The van der Waals surface area contributed by atoms with Gasteiger partial charge in [0.05, 0.1) is 40.3 Å². The van der Waals surface area contributed by atoms with Crippen molar-refractivity contribution in [2.75, 3.05) is 17.7 Å². The number of nitrogens with two attached hydrogens (primary N) is 1. The lowest BCUT2D eigenvalue weighted by Crippen LogP contribution is -2.01. The molecule has 2 aromatic carbocycles. The minimum absolute atomic E-state index is 0.0989. The average Bonchev–Trinajstić information content (AvgIpc) is 2.46. The van der Waals surface area contributed by atoms with Crippen LogP contribution in [0.2, 0.25) is 5.02 Å². The van der Waals surface area contributed by atoms with E-state index in [-0.39, 0.29) is 11.4 Å². The summed E-state index contributed by atoms with van der Waals surface area (Å²) in [6, 6.07) is 9.45. The molecule has 0 fully saturated rings. The molecule has 0 atom stereocenters. The molecule has 0 bridgehead atoms. The predicted molar refractivity (Wildman–Crippen MR) is 81.4 cm³/mol. The van der Waals surface area contributed by atoms with E-state index in [1.807, 2.05) is 6.07 Å². The highest BCUT2D eigenvalue weighted by atomic mass is 35.5. The molecule has 0 aliphatic heterocycles. The molecule has 4 nitrogen and oxygen atoms in total. The van der Waals surface area contributed by atoms with Crippen LogP contribution in [0.5, 0.6) is 5.75 Å². The molecule has 0 aliphatic carbocycles. The Morgan fingerprint density at radius 2 is 2.10 bits per heavy atom. The highest BCUT2D eigenvalue weighted by Crippen LogP contribution is 2.33. The van der Waals surface area contributed by atoms with Crippen molar-refractivity contribution in [3.63, 3.8) is 0 Å². The van der Waals surface area contributed by atoms with Gasteiger partial charge in [0.2, 0.25) is 0 Å². The van der Waals surface area contributed by atoms with Crippen LogP contribution < -0.4 is 15.8 Å². The molecule has 0 saturated heterocycles. The predicted octanol–water partition coefficient (Wildman–Crippen LogP) is 4.08. The monoisotopic (exact) mass is 305 g/mol. The number of nitrogens with one attached hydrogen (secondary N) is 1. The highest BCUT2D eigenvalue weighted by molar-refractivity contribution is 6.33. The second kappa shape index (κ2) is 6.33. The van der Waals surface area contributed by atoms with E-state index in [1.54, 1.807) is 25.1 Å². The fourth-order valence-corrected chi connectivity index (χ4v) is 1.94. The van der Waals surface area contributed by atoms with Gasteiger partial charge in [0.25, 0.3) is 0 Å². The first kappa shape index (κ1) is 14.9. The first-order valence-electron chi connectivity index (χ1n) is 6.23. The number of ether oxygens (including phenoxy) is 1. The number of halogens is 2. The maximum atomic E-state index is 13.7. The van der Waals surface area contributed by atoms with E-state index in [9.17, 15) is 4.39 Å². The van der Waals surface area contributed by atoms with Crippen molar-refractivity contribution in [3.8, 4) is 11.8 Å². The number of rotatable bonds is 4. The van der Waals surface area contributed by atoms with Gasteiger partial charge in [-0.15, -0.1) is 0 Å². The van der Waals surface area contributed by atoms with Crippen molar-refractivity contribution in [2.45, 2.75) is 6.92 Å². The van der Waals surface area contributed by atoms with Crippen LogP contribution in [0.4, 0.5) is 21.5 Å². The van der Waals surface area contributed by atoms with Gasteiger partial charge in [-0.1, -0.05) is 11.6 Å². The molecule has 2 aromatic rings. The van der Waals surface area contributed by atoms with Crippen LogP contribution in [0.1, 0.15) is 12.5 Å². The Hall–Kier alpha value is -2.45. The highest BCUT2D eigenvalue weighted by Gasteiger charge is 2.11. The summed E-state index contributed by atoms with van der Waals surface area (Å²) in [5.41, 5.74) is 7.42. The Balaban J connectivity index is 2.39. The molecular weight excluding hydrogens is 293 g/mol. The van der Waals surface area contributed by atoms with E-state index in [4.69, 9.17) is 27.3 Å². The number of nitriles is 1. The van der Waals surface area contributed by atoms with Crippen LogP contribution in [0.15, 0.2) is 30.3 Å². The summed E-state index contributed by atoms with van der Waals surface area (Å²) in [6.07, 6.45) is 0. The van der Waals surface area contributed by atoms with Crippen molar-refractivity contribution < 1.29 is 9.13 Å². The van der Waals surface area contributed by atoms with Crippen LogP contribution in [0.3, 0.4) is 0 Å². The van der Waals surface area contributed by atoms with Crippen LogP contribution >= 0.6 is 11.6 Å². The van der Waals surface area contributed by atoms with E-state index in [2.05, 4.69) is 5.32 Å². The third kappa shape index (κ3) is 3.36. The molecule has 3 N–H and O–H groups in total. The van der Waals surface area contributed by atoms with Gasteiger partial charge in [-0.3, -0.25) is 0 Å². The minimum atomic E-state index is -0.531. The standard InChI is InChI=1S/C15H13ClFN3O/c1-2-21-15-7-14(12(19)6-11(15)17)20-13-5-9(8-18)3-4-10(13)16/h3-7,20H,2,19H2,1H3. The molecule has 108 valence electrons. The number of nitrogen functional groups attached to an aromatic ring is 1. The minimum Gasteiger partial charge on any atom is -0.491 e. The molecule has 0 heterocycles. The number of hydrogen-bond acceptors (Lipinski definition) is 4. The summed E-state index contributed by atoms with van der Waals surface area (Å²) in [5.74, 6) is -0.432. The maximum absolute atomic E-state index is 13.7. The maximum Gasteiger partial charge on any atom is 0.167 e. The van der Waals surface area contributed by atoms with Crippen molar-refractivity contribution in [3.05, 3.63) is 46.7 Å². The zero-order valence-electron chi connectivity index (χ0n) is 11.3. The number of benzene rings is 2.